The summed E-state index contributed by atoms with van der Waals surface area (Å²) in [5.74, 6) is 0.685. The summed E-state index contributed by atoms with van der Waals surface area (Å²) in [7, 11) is 0. The normalized spacial score (nSPS) is 15.4. The van der Waals surface area contributed by atoms with Crippen molar-refractivity contribution in [3.05, 3.63) is 0 Å². The lowest BCUT2D eigenvalue weighted by Gasteiger charge is -2.09. The van der Waals surface area contributed by atoms with Crippen molar-refractivity contribution in [1.82, 2.24) is 0 Å². The van der Waals surface area contributed by atoms with E-state index in [9.17, 15) is 0 Å². The zero-order valence-electron chi connectivity index (χ0n) is 7.65. The molecule has 0 spiro atoms. The van der Waals surface area contributed by atoms with Crippen LogP contribution < -0.4 is 0 Å². The first-order chi connectivity index (χ1) is 4.76. The fourth-order valence-corrected chi connectivity index (χ4v) is 1.05. The van der Waals surface area contributed by atoms with Gasteiger partial charge in [-0.2, -0.15) is 0 Å². The van der Waals surface area contributed by atoms with Crippen LogP contribution in [0.15, 0.2) is 4.99 Å². The molecule has 0 saturated carbocycles. The van der Waals surface area contributed by atoms with Crippen molar-refractivity contribution in [3.8, 4) is 0 Å². The van der Waals surface area contributed by atoms with Gasteiger partial charge in [0.15, 0.2) is 0 Å². The molecule has 10 heavy (non-hydrogen) atoms. The van der Waals surface area contributed by atoms with Gasteiger partial charge in [0.25, 0.3) is 0 Å². The predicted octanol–water partition coefficient (Wildman–Crippen LogP) is 2.90. The fraction of sp³-hybridized carbons (Fsp3) is 0.889. The van der Waals surface area contributed by atoms with Crippen molar-refractivity contribution in [2.24, 2.45) is 10.9 Å². The van der Waals surface area contributed by atoms with Crippen LogP contribution >= 0.6 is 0 Å². The molecule has 0 N–H and O–H groups in total. The quantitative estimate of drug-likeness (QED) is 0.534. The SMILES string of the molecule is CCN=C(CC)C(C)CC. The maximum atomic E-state index is 4.43. The maximum Gasteiger partial charge on any atom is 0.0360 e. The molecule has 0 radical (unpaired) electrons. The molecule has 0 fully saturated rings. The number of aliphatic imine (C=N–C) groups is 1. The monoisotopic (exact) mass is 141 g/mol. The van der Waals surface area contributed by atoms with Crippen molar-refractivity contribution >= 4 is 5.71 Å². The third-order valence-electron chi connectivity index (χ3n) is 1.90. The van der Waals surface area contributed by atoms with E-state index < -0.39 is 0 Å². The van der Waals surface area contributed by atoms with Gasteiger partial charge < -0.3 is 0 Å². The Kier molecular flexibility index (Phi) is 5.27. The number of hydrogen-bond acceptors (Lipinski definition) is 1. The zero-order chi connectivity index (χ0) is 7.98. The van der Waals surface area contributed by atoms with E-state index >= 15 is 0 Å². The molecule has 0 bridgehead atoms. The summed E-state index contributed by atoms with van der Waals surface area (Å²) in [5, 5.41) is 0. The first-order valence-corrected chi connectivity index (χ1v) is 4.29. The Hall–Kier alpha value is -0.330. The molecule has 0 rings (SSSR count). The van der Waals surface area contributed by atoms with Gasteiger partial charge in [-0.3, -0.25) is 4.99 Å². The third kappa shape index (κ3) is 3.00. The Labute approximate surface area is 64.6 Å². The topological polar surface area (TPSA) is 12.4 Å². The molecule has 0 amide bonds. The standard InChI is InChI=1S/C9H19N/c1-5-8(4)9(6-2)10-7-3/h8H,5-7H2,1-4H3. The van der Waals surface area contributed by atoms with Crippen LogP contribution in [0.1, 0.15) is 40.5 Å². The summed E-state index contributed by atoms with van der Waals surface area (Å²) < 4.78 is 0. The number of nitrogens with zero attached hydrogens (tertiary/aromatic N) is 1. The Balaban J connectivity index is 3.92. The molecule has 1 nitrogen and oxygen atoms in total. The average Bonchev–Trinajstić information content (AvgIpc) is 1.99. The summed E-state index contributed by atoms with van der Waals surface area (Å²) in [4.78, 5) is 4.43. The van der Waals surface area contributed by atoms with E-state index in [2.05, 4.69) is 32.7 Å². The summed E-state index contributed by atoms with van der Waals surface area (Å²) >= 11 is 0. The van der Waals surface area contributed by atoms with Gasteiger partial charge in [0.1, 0.15) is 0 Å². The van der Waals surface area contributed by atoms with Gasteiger partial charge in [-0.05, 0) is 25.7 Å². The van der Waals surface area contributed by atoms with Gasteiger partial charge in [0.2, 0.25) is 0 Å². The Morgan fingerprint density at radius 2 is 1.90 bits per heavy atom. The van der Waals surface area contributed by atoms with Gasteiger partial charge in [0.05, 0.1) is 0 Å². The van der Waals surface area contributed by atoms with E-state index in [1.165, 1.54) is 12.1 Å². The molecular weight excluding hydrogens is 122 g/mol. The second kappa shape index (κ2) is 5.45. The van der Waals surface area contributed by atoms with E-state index in [-0.39, 0.29) is 0 Å². The van der Waals surface area contributed by atoms with Crippen LogP contribution in [0.3, 0.4) is 0 Å². The predicted molar refractivity (Wildman–Crippen MR) is 47.7 cm³/mol. The Bertz CT molecular complexity index is 105. The minimum Gasteiger partial charge on any atom is -0.294 e. The maximum absolute atomic E-state index is 4.43. The lowest BCUT2D eigenvalue weighted by molar-refractivity contribution is 0.720. The molecule has 60 valence electrons. The number of rotatable bonds is 4. The molecular formula is C9H19N. The van der Waals surface area contributed by atoms with Gasteiger partial charge in [-0.15, -0.1) is 0 Å². The Morgan fingerprint density at radius 1 is 1.30 bits per heavy atom. The highest BCUT2D eigenvalue weighted by Gasteiger charge is 2.03. The summed E-state index contributed by atoms with van der Waals surface area (Å²) in [6.07, 6.45) is 2.33. The van der Waals surface area contributed by atoms with Crippen molar-refractivity contribution in [3.63, 3.8) is 0 Å². The lowest BCUT2D eigenvalue weighted by Crippen LogP contribution is -2.09. The second-order valence-electron chi connectivity index (χ2n) is 2.63. The minimum atomic E-state index is 0.685. The van der Waals surface area contributed by atoms with E-state index in [1.54, 1.807) is 0 Å². The number of hydrogen-bond donors (Lipinski definition) is 0. The van der Waals surface area contributed by atoms with Gasteiger partial charge >= 0.3 is 0 Å². The van der Waals surface area contributed by atoms with Crippen molar-refractivity contribution in [2.75, 3.05) is 6.54 Å². The fourth-order valence-electron chi connectivity index (χ4n) is 1.05. The molecule has 0 heterocycles. The van der Waals surface area contributed by atoms with Crippen molar-refractivity contribution in [2.45, 2.75) is 40.5 Å². The highest BCUT2D eigenvalue weighted by Crippen LogP contribution is 2.06. The van der Waals surface area contributed by atoms with E-state index in [1.807, 2.05) is 0 Å². The smallest absolute Gasteiger partial charge is 0.0360 e. The molecule has 0 aliphatic carbocycles. The van der Waals surface area contributed by atoms with E-state index in [0.29, 0.717) is 5.92 Å². The molecule has 0 aromatic carbocycles. The molecule has 0 aromatic heterocycles. The summed E-state index contributed by atoms with van der Waals surface area (Å²) in [6.45, 7) is 9.68. The van der Waals surface area contributed by atoms with Crippen molar-refractivity contribution < 1.29 is 0 Å². The lowest BCUT2D eigenvalue weighted by atomic mass is 10.0. The van der Waals surface area contributed by atoms with Crippen LogP contribution in [0.2, 0.25) is 0 Å². The second-order valence-corrected chi connectivity index (χ2v) is 2.63. The zero-order valence-corrected chi connectivity index (χ0v) is 7.65. The molecule has 1 atom stereocenters. The van der Waals surface area contributed by atoms with Crippen molar-refractivity contribution in [1.29, 1.82) is 0 Å². The minimum absolute atomic E-state index is 0.685. The van der Waals surface area contributed by atoms with Crippen LogP contribution in [-0.2, 0) is 0 Å². The third-order valence-corrected chi connectivity index (χ3v) is 1.90. The first kappa shape index (κ1) is 9.67. The molecule has 0 aliphatic rings. The van der Waals surface area contributed by atoms with Crippen LogP contribution in [0.4, 0.5) is 0 Å². The molecule has 0 aromatic rings. The van der Waals surface area contributed by atoms with Crippen LogP contribution in [-0.4, -0.2) is 12.3 Å². The van der Waals surface area contributed by atoms with Gasteiger partial charge in [0, 0.05) is 12.3 Å². The highest BCUT2D eigenvalue weighted by atomic mass is 14.7. The average molecular weight is 141 g/mol. The van der Waals surface area contributed by atoms with Gasteiger partial charge in [-0.25, -0.2) is 0 Å². The molecule has 0 aliphatic heterocycles. The summed E-state index contributed by atoms with van der Waals surface area (Å²) in [5.41, 5.74) is 1.38. The van der Waals surface area contributed by atoms with Crippen LogP contribution in [0.25, 0.3) is 0 Å². The largest absolute Gasteiger partial charge is 0.294 e. The van der Waals surface area contributed by atoms with Crippen LogP contribution in [0.5, 0.6) is 0 Å². The van der Waals surface area contributed by atoms with Crippen LogP contribution in [0, 0.1) is 5.92 Å². The highest BCUT2D eigenvalue weighted by molar-refractivity contribution is 5.86. The van der Waals surface area contributed by atoms with E-state index in [0.717, 1.165) is 13.0 Å². The van der Waals surface area contributed by atoms with E-state index in [4.69, 9.17) is 0 Å². The molecule has 1 heteroatoms. The Morgan fingerprint density at radius 3 is 2.20 bits per heavy atom. The first-order valence-electron chi connectivity index (χ1n) is 4.29. The molecule has 1 unspecified atom stereocenters. The summed E-state index contributed by atoms with van der Waals surface area (Å²) in [6, 6.07) is 0. The molecule has 0 saturated heterocycles. The van der Waals surface area contributed by atoms with Gasteiger partial charge in [-0.1, -0.05) is 20.8 Å².